The van der Waals surface area contributed by atoms with E-state index in [-0.39, 0.29) is 24.9 Å². The van der Waals surface area contributed by atoms with Gasteiger partial charge in [-0.3, -0.25) is 4.79 Å². The number of phenols is 1. The second-order valence-electron chi connectivity index (χ2n) is 9.29. The highest BCUT2D eigenvalue weighted by Gasteiger charge is 2.32. The molecule has 7 nitrogen and oxygen atoms in total. The van der Waals surface area contributed by atoms with Crippen LogP contribution in [0.5, 0.6) is 23.0 Å². The molecule has 1 fully saturated rings. The predicted molar refractivity (Wildman–Crippen MR) is 123 cm³/mol. The summed E-state index contributed by atoms with van der Waals surface area (Å²) < 4.78 is 22.3. The fourth-order valence-electron chi connectivity index (χ4n) is 5.33. The van der Waals surface area contributed by atoms with E-state index >= 15 is 0 Å². The number of fused-ring (bicyclic) bond motifs is 2. The molecule has 1 amide bonds. The van der Waals surface area contributed by atoms with Crippen molar-refractivity contribution in [1.29, 1.82) is 0 Å². The van der Waals surface area contributed by atoms with Crippen LogP contribution in [0, 0.1) is 11.8 Å². The molecule has 0 spiro atoms. The van der Waals surface area contributed by atoms with Gasteiger partial charge >= 0.3 is 0 Å². The van der Waals surface area contributed by atoms with Gasteiger partial charge in [-0.2, -0.15) is 0 Å². The normalized spacial score (nSPS) is 20.8. The number of carbonyl (C=O) groups excluding carboxylic acids is 1. The molecule has 3 heterocycles. The number of carbonyl (C=O) groups is 1. The monoisotopic (exact) mass is 451 g/mol. The fraction of sp³-hybridized carbons (Fsp3) is 0.423. The molecule has 0 radical (unpaired) electrons. The molecule has 3 aromatic rings. The summed E-state index contributed by atoms with van der Waals surface area (Å²) in [6.07, 6.45) is 2.89. The minimum Gasteiger partial charge on any atom is -0.507 e. The Kier molecular flexibility index (Phi) is 5.56. The van der Waals surface area contributed by atoms with E-state index in [1.807, 2.05) is 29.2 Å². The SMILES string of the molecule is COc1c(C(CC(=O)N2CC(C)CC(C)C2)c2ccc3c(c2)OCO3)c(O)cc2occc12. The number of nitrogens with zero attached hydrogens (tertiary/aromatic N) is 1. The van der Waals surface area contributed by atoms with Gasteiger partial charge in [0.2, 0.25) is 12.7 Å². The molecule has 1 saturated heterocycles. The average Bonchev–Trinajstić information content (AvgIpc) is 3.44. The molecule has 0 bridgehead atoms. The van der Waals surface area contributed by atoms with Gasteiger partial charge in [0.05, 0.1) is 18.8 Å². The number of phenolic OH excluding ortho intramolecular Hbond substituents is 1. The van der Waals surface area contributed by atoms with Crippen molar-refractivity contribution >= 4 is 16.9 Å². The number of amides is 1. The first-order chi connectivity index (χ1) is 15.9. The smallest absolute Gasteiger partial charge is 0.231 e. The van der Waals surface area contributed by atoms with Crippen molar-refractivity contribution in [2.45, 2.75) is 32.6 Å². The first-order valence-electron chi connectivity index (χ1n) is 11.4. The van der Waals surface area contributed by atoms with Crippen molar-refractivity contribution in [3.8, 4) is 23.0 Å². The van der Waals surface area contributed by atoms with Crippen molar-refractivity contribution in [3.05, 3.63) is 47.7 Å². The van der Waals surface area contributed by atoms with E-state index in [0.29, 0.717) is 40.2 Å². The van der Waals surface area contributed by atoms with E-state index < -0.39 is 5.92 Å². The minimum atomic E-state index is -0.436. The van der Waals surface area contributed by atoms with Gasteiger partial charge in [-0.1, -0.05) is 19.9 Å². The van der Waals surface area contributed by atoms with Crippen LogP contribution in [0.25, 0.3) is 11.0 Å². The summed E-state index contributed by atoms with van der Waals surface area (Å²) in [6, 6.07) is 9.05. The molecule has 1 N–H and O–H groups in total. The number of ether oxygens (including phenoxy) is 3. The Hall–Kier alpha value is -3.35. The molecule has 2 aliphatic heterocycles. The molecule has 174 valence electrons. The summed E-state index contributed by atoms with van der Waals surface area (Å²) in [6.45, 7) is 6.04. The zero-order chi connectivity index (χ0) is 23.1. The third kappa shape index (κ3) is 3.96. The number of methoxy groups -OCH3 is 1. The van der Waals surface area contributed by atoms with Crippen molar-refractivity contribution in [3.63, 3.8) is 0 Å². The second kappa shape index (κ2) is 8.54. The molecule has 5 rings (SSSR count). The average molecular weight is 452 g/mol. The minimum absolute atomic E-state index is 0.0325. The maximum atomic E-state index is 13.5. The van der Waals surface area contributed by atoms with Gasteiger partial charge in [-0.05, 0) is 42.0 Å². The Balaban J connectivity index is 1.59. The Morgan fingerprint density at radius 1 is 1.15 bits per heavy atom. The Morgan fingerprint density at radius 3 is 2.67 bits per heavy atom. The maximum absolute atomic E-state index is 13.5. The zero-order valence-corrected chi connectivity index (χ0v) is 19.2. The maximum Gasteiger partial charge on any atom is 0.231 e. The van der Waals surface area contributed by atoms with Gasteiger partial charge < -0.3 is 28.6 Å². The number of aromatic hydroxyl groups is 1. The van der Waals surface area contributed by atoms with Crippen LogP contribution in [-0.4, -0.2) is 42.9 Å². The lowest BCUT2D eigenvalue weighted by molar-refractivity contribution is -0.134. The van der Waals surface area contributed by atoms with Crippen LogP contribution in [0.4, 0.5) is 0 Å². The molecule has 7 heteroatoms. The molecule has 3 unspecified atom stereocenters. The third-order valence-electron chi connectivity index (χ3n) is 6.68. The lowest BCUT2D eigenvalue weighted by atomic mass is 9.85. The first-order valence-corrected chi connectivity index (χ1v) is 11.4. The van der Waals surface area contributed by atoms with Crippen LogP contribution < -0.4 is 14.2 Å². The van der Waals surface area contributed by atoms with Gasteiger partial charge in [-0.25, -0.2) is 0 Å². The Labute approximate surface area is 192 Å². The zero-order valence-electron chi connectivity index (χ0n) is 19.2. The lowest BCUT2D eigenvalue weighted by Gasteiger charge is -2.36. The van der Waals surface area contributed by atoms with Crippen molar-refractivity contribution in [1.82, 2.24) is 4.90 Å². The van der Waals surface area contributed by atoms with Crippen molar-refractivity contribution in [2.75, 3.05) is 27.0 Å². The van der Waals surface area contributed by atoms with Gasteiger partial charge in [0.1, 0.15) is 17.1 Å². The molecule has 2 aliphatic rings. The summed E-state index contributed by atoms with van der Waals surface area (Å²) in [4.78, 5) is 15.5. The van der Waals surface area contributed by atoms with E-state index in [9.17, 15) is 9.90 Å². The third-order valence-corrected chi connectivity index (χ3v) is 6.68. The molecule has 2 aromatic carbocycles. The van der Waals surface area contributed by atoms with E-state index in [0.717, 1.165) is 30.5 Å². The van der Waals surface area contributed by atoms with Crippen LogP contribution in [0.2, 0.25) is 0 Å². The Morgan fingerprint density at radius 2 is 1.91 bits per heavy atom. The number of likely N-dealkylation sites (tertiary alicyclic amines) is 1. The van der Waals surface area contributed by atoms with E-state index in [2.05, 4.69) is 13.8 Å². The molecule has 33 heavy (non-hydrogen) atoms. The van der Waals surface area contributed by atoms with Crippen molar-refractivity contribution in [2.24, 2.45) is 11.8 Å². The van der Waals surface area contributed by atoms with Crippen LogP contribution in [-0.2, 0) is 4.79 Å². The summed E-state index contributed by atoms with van der Waals surface area (Å²) >= 11 is 0. The standard InChI is InChI=1S/C26H29NO6/c1-15-8-16(2)13-27(12-15)24(29)10-19(17-4-5-21-23(9-17)33-14-32-21)25-20(28)11-22-18(6-7-31-22)26(25)30-3/h4-7,9,11,15-16,19,28H,8,10,12-14H2,1-3H3. The summed E-state index contributed by atoms with van der Waals surface area (Å²) in [5.41, 5.74) is 1.95. The largest absolute Gasteiger partial charge is 0.507 e. The number of rotatable bonds is 5. The molecular formula is C26H29NO6. The van der Waals surface area contributed by atoms with Gasteiger partial charge in [-0.15, -0.1) is 0 Å². The van der Waals surface area contributed by atoms with Crippen LogP contribution >= 0.6 is 0 Å². The highest BCUT2D eigenvalue weighted by molar-refractivity contribution is 5.89. The number of furan rings is 1. The molecular weight excluding hydrogens is 422 g/mol. The van der Waals surface area contributed by atoms with Gasteiger partial charge in [0.15, 0.2) is 11.5 Å². The van der Waals surface area contributed by atoms with Gasteiger partial charge in [0.25, 0.3) is 0 Å². The van der Waals surface area contributed by atoms with Crippen LogP contribution in [0.15, 0.2) is 41.0 Å². The van der Waals surface area contributed by atoms with E-state index in [1.54, 1.807) is 19.4 Å². The molecule has 3 atom stereocenters. The summed E-state index contributed by atoms with van der Waals surface area (Å²) in [5.74, 6) is 2.40. The fourth-order valence-corrected chi connectivity index (χ4v) is 5.33. The molecule has 0 aliphatic carbocycles. The van der Waals surface area contributed by atoms with E-state index in [4.69, 9.17) is 18.6 Å². The number of hydrogen-bond donors (Lipinski definition) is 1. The Bertz CT molecular complexity index is 1170. The van der Waals surface area contributed by atoms with Crippen LogP contribution in [0.1, 0.15) is 43.7 Å². The quantitative estimate of drug-likeness (QED) is 0.594. The molecule has 1 aromatic heterocycles. The highest BCUT2D eigenvalue weighted by atomic mass is 16.7. The summed E-state index contributed by atoms with van der Waals surface area (Å²) in [5, 5.41) is 11.8. The number of benzene rings is 2. The molecule has 0 saturated carbocycles. The topological polar surface area (TPSA) is 81.4 Å². The van der Waals surface area contributed by atoms with Gasteiger partial charge in [0, 0.05) is 37.1 Å². The predicted octanol–water partition coefficient (Wildman–Crippen LogP) is 4.90. The van der Waals surface area contributed by atoms with Crippen LogP contribution in [0.3, 0.4) is 0 Å². The lowest BCUT2D eigenvalue weighted by Crippen LogP contribution is -2.43. The number of piperidine rings is 1. The summed E-state index contributed by atoms with van der Waals surface area (Å²) in [7, 11) is 1.57. The van der Waals surface area contributed by atoms with Crippen molar-refractivity contribution < 1.29 is 28.5 Å². The highest BCUT2D eigenvalue weighted by Crippen LogP contribution is 2.47. The van der Waals surface area contributed by atoms with E-state index in [1.165, 1.54) is 0 Å². The second-order valence-corrected chi connectivity index (χ2v) is 9.29. The number of hydrogen-bond acceptors (Lipinski definition) is 6. The first kappa shape index (κ1) is 21.5.